The molecule has 0 aliphatic carbocycles. The van der Waals surface area contributed by atoms with Crippen LogP contribution in [0.3, 0.4) is 0 Å². The molecule has 1 unspecified atom stereocenters. The second kappa shape index (κ2) is 6.74. The molecule has 0 fully saturated rings. The number of aliphatic hydroxyl groups is 1. The van der Waals surface area contributed by atoms with Crippen molar-refractivity contribution >= 4 is 23.2 Å². The van der Waals surface area contributed by atoms with Crippen molar-refractivity contribution < 1.29 is 14.2 Å². The number of ether oxygens (including phenoxy) is 1. The fourth-order valence-electron chi connectivity index (χ4n) is 1.08. The quantitative estimate of drug-likeness (QED) is 0.884. The van der Waals surface area contributed by atoms with Crippen LogP contribution in [0.15, 0.2) is 29.8 Å². The Labute approximate surface area is 103 Å². The summed E-state index contributed by atoms with van der Waals surface area (Å²) in [5.41, 5.74) is 1.32. The summed E-state index contributed by atoms with van der Waals surface area (Å²) in [6, 6.07) is 3.87. The van der Waals surface area contributed by atoms with E-state index in [9.17, 15) is 9.50 Å². The average Bonchev–Trinajstić information content (AvgIpc) is 2.22. The molecule has 0 amide bonds. The van der Waals surface area contributed by atoms with Crippen LogP contribution in [0.4, 0.5) is 4.39 Å². The van der Waals surface area contributed by atoms with E-state index in [1.54, 1.807) is 6.08 Å². The highest BCUT2D eigenvalue weighted by Gasteiger charge is 2.05. The molecule has 1 atom stereocenters. The maximum Gasteiger partial charge on any atom is 0.128 e. The van der Waals surface area contributed by atoms with Crippen LogP contribution in [0.2, 0.25) is 5.02 Å². The summed E-state index contributed by atoms with van der Waals surface area (Å²) in [7, 11) is 0. The summed E-state index contributed by atoms with van der Waals surface area (Å²) in [6.07, 6.45) is 1.30. The topological polar surface area (TPSA) is 29.5 Å². The first-order valence-electron chi connectivity index (χ1n) is 4.64. The van der Waals surface area contributed by atoms with Gasteiger partial charge in [-0.25, -0.2) is 4.39 Å². The lowest BCUT2D eigenvalue weighted by molar-refractivity contribution is 0.110. The fraction of sp³-hybridized carbons (Fsp3) is 0.273. The molecular formula is C11H11Cl2FO2. The molecule has 1 aromatic rings. The van der Waals surface area contributed by atoms with E-state index in [4.69, 9.17) is 27.9 Å². The molecule has 1 N–H and O–H groups in total. The summed E-state index contributed by atoms with van der Waals surface area (Å²) in [5, 5.41) is 9.67. The van der Waals surface area contributed by atoms with Gasteiger partial charge in [-0.15, -0.1) is 0 Å². The molecule has 1 aromatic carbocycles. The lowest BCUT2D eigenvalue weighted by atomic mass is 10.2. The van der Waals surface area contributed by atoms with E-state index in [0.717, 1.165) is 0 Å². The molecule has 2 nitrogen and oxygen atoms in total. The third-order valence-electron chi connectivity index (χ3n) is 1.78. The second-order valence-electron chi connectivity index (χ2n) is 3.17. The van der Waals surface area contributed by atoms with Gasteiger partial charge in [0.2, 0.25) is 0 Å². The Morgan fingerprint density at radius 1 is 1.44 bits per heavy atom. The van der Waals surface area contributed by atoms with Crippen LogP contribution < -0.4 is 4.74 Å². The molecule has 16 heavy (non-hydrogen) atoms. The lowest BCUT2D eigenvalue weighted by Crippen LogP contribution is -2.16. The fourth-order valence-corrected chi connectivity index (χ4v) is 1.40. The van der Waals surface area contributed by atoms with Crippen molar-refractivity contribution in [2.24, 2.45) is 0 Å². The minimum atomic E-state index is -0.683. The molecule has 0 bridgehead atoms. The van der Waals surface area contributed by atoms with Crippen molar-refractivity contribution in [1.82, 2.24) is 0 Å². The third-order valence-corrected chi connectivity index (χ3v) is 2.17. The monoisotopic (exact) mass is 264 g/mol. The van der Waals surface area contributed by atoms with Crippen molar-refractivity contribution in [2.75, 3.05) is 6.61 Å². The van der Waals surface area contributed by atoms with E-state index < -0.39 is 11.9 Å². The Morgan fingerprint density at radius 3 is 2.81 bits per heavy atom. The standard InChI is InChI=1S/C11H11Cl2FO2/c12-3-1-2-10(15)7-16-11-5-8(13)4-9(14)6-11/h1,3-6,10,15H,2,7H2/b3-1-. The van der Waals surface area contributed by atoms with Crippen molar-refractivity contribution in [3.05, 3.63) is 40.7 Å². The lowest BCUT2D eigenvalue weighted by Gasteiger charge is -2.10. The van der Waals surface area contributed by atoms with E-state index in [-0.39, 0.29) is 11.6 Å². The van der Waals surface area contributed by atoms with Gasteiger partial charge in [0.15, 0.2) is 0 Å². The van der Waals surface area contributed by atoms with Crippen LogP contribution in [-0.4, -0.2) is 17.8 Å². The van der Waals surface area contributed by atoms with Crippen LogP contribution in [0.25, 0.3) is 0 Å². The second-order valence-corrected chi connectivity index (χ2v) is 3.86. The number of aliphatic hydroxyl groups excluding tert-OH is 1. The average molecular weight is 265 g/mol. The van der Waals surface area contributed by atoms with E-state index in [1.807, 2.05) is 0 Å². The highest BCUT2D eigenvalue weighted by atomic mass is 35.5. The van der Waals surface area contributed by atoms with Gasteiger partial charge in [0.05, 0.1) is 6.10 Å². The zero-order valence-electron chi connectivity index (χ0n) is 8.37. The molecule has 1 rings (SSSR count). The van der Waals surface area contributed by atoms with E-state index in [2.05, 4.69) is 0 Å². The molecule has 0 spiro atoms. The van der Waals surface area contributed by atoms with E-state index >= 15 is 0 Å². The largest absolute Gasteiger partial charge is 0.491 e. The van der Waals surface area contributed by atoms with Gasteiger partial charge >= 0.3 is 0 Å². The Bertz CT molecular complexity index is 349. The minimum Gasteiger partial charge on any atom is -0.491 e. The predicted molar refractivity (Wildman–Crippen MR) is 62.5 cm³/mol. The molecule has 0 aromatic heterocycles. The maximum absolute atomic E-state index is 12.9. The van der Waals surface area contributed by atoms with Gasteiger partial charge in [-0.3, -0.25) is 0 Å². The first-order chi connectivity index (χ1) is 7.61. The number of hydrogen-bond acceptors (Lipinski definition) is 2. The summed E-state index contributed by atoms with van der Waals surface area (Å²) in [4.78, 5) is 0. The SMILES string of the molecule is OC(C/C=C\Cl)COc1cc(F)cc(Cl)c1. The number of rotatable bonds is 5. The van der Waals surface area contributed by atoms with Crippen molar-refractivity contribution in [3.63, 3.8) is 0 Å². The molecule has 0 aliphatic heterocycles. The molecule has 5 heteroatoms. The van der Waals surface area contributed by atoms with Crippen LogP contribution >= 0.6 is 23.2 Å². The van der Waals surface area contributed by atoms with Crippen LogP contribution in [0, 0.1) is 5.82 Å². The van der Waals surface area contributed by atoms with Crippen LogP contribution in [0.1, 0.15) is 6.42 Å². The first-order valence-corrected chi connectivity index (χ1v) is 5.45. The van der Waals surface area contributed by atoms with Gasteiger partial charge in [-0.1, -0.05) is 29.3 Å². The Hall–Kier alpha value is -0.770. The number of hydrogen-bond donors (Lipinski definition) is 1. The normalized spacial score (nSPS) is 13.0. The predicted octanol–water partition coefficient (Wildman–Crippen LogP) is 3.36. The summed E-state index contributed by atoms with van der Waals surface area (Å²) >= 11 is 10.9. The summed E-state index contributed by atoms with van der Waals surface area (Å²) in [5.74, 6) is -0.184. The van der Waals surface area contributed by atoms with E-state index in [0.29, 0.717) is 12.2 Å². The zero-order valence-corrected chi connectivity index (χ0v) is 9.88. The maximum atomic E-state index is 12.9. The molecular weight excluding hydrogens is 254 g/mol. The van der Waals surface area contributed by atoms with Gasteiger partial charge in [0, 0.05) is 16.6 Å². The smallest absolute Gasteiger partial charge is 0.128 e. The van der Waals surface area contributed by atoms with Crippen molar-refractivity contribution in [3.8, 4) is 5.75 Å². The molecule has 0 saturated heterocycles. The van der Waals surface area contributed by atoms with Crippen molar-refractivity contribution in [1.29, 1.82) is 0 Å². The molecule has 0 radical (unpaired) electrons. The van der Waals surface area contributed by atoms with Gasteiger partial charge in [-0.2, -0.15) is 0 Å². The number of benzene rings is 1. The highest BCUT2D eigenvalue weighted by molar-refractivity contribution is 6.30. The Morgan fingerprint density at radius 2 is 2.19 bits per heavy atom. The number of halogens is 3. The highest BCUT2D eigenvalue weighted by Crippen LogP contribution is 2.20. The molecule has 0 saturated carbocycles. The van der Waals surface area contributed by atoms with Gasteiger partial charge in [0.25, 0.3) is 0 Å². The Kier molecular flexibility index (Phi) is 5.60. The first kappa shape index (κ1) is 13.3. The molecule has 88 valence electrons. The minimum absolute atomic E-state index is 0.0566. The third kappa shape index (κ3) is 4.84. The van der Waals surface area contributed by atoms with Crippen molar-refractivity contribution in [2.45, 2.75) is 12.5 Å². The zero-order chi connectivity index (χ0) is 12.0. The van der Waals surface area contributed by atoms with E-state index in [1.165, 1.54) is 23.7 Å². The molecule has 0 heterocycles. The summed E-state index contributed by atoms with van der Waals surface area (Å²) in [6.45, 7) is 0.0566. The summed E-state index contributed by atoms with van der Waals surface area (Å²) < 4.78 is 18.1. The van der Waals surface area contributed by atoms with Crippen LogP contribution in [0.5, 0.6) is 5.75 Å². The van der Waals surface area contributed by atoms with Crippen LogP contribution in [-0.2, 0) is 0 Å². The molecule has 0 aliphatic rings. The van der Waals surface area contributed by atoms with Gasteiger partial charge in [0.1, 0.15) is 18.2 Å². The van der Waals surface area contributed by atoms with Gasteiger partial charge < -0.3 is 9.84 Å². The Balaban J connectivity index is 2.47. The van der Waals surface area contributed by atoms with Gasteiger partial charge in [-0.05, 0) is 18.6 Å².